The molecule has 1 N–H and O–H groups in total. The van der Waals surface area contributed by atoms with Gasteiger partial charge in [-0.25, -0.2) is 9.78 Å². The molecule has 0 spiro atoms. The fourth-order valence-electron chi connectivity index (χ4n) is 1.84. The first kappa shape index (κ1) is 16.5. The third-order valence-corrected chi connectivity index (χ3v) is 2.66. The summed E-state index contributed by atoms with van der Waals surface area (Å²) in [5.74, 6) is 0.764. The van der Waals surface area contributed by atoms with E-state index in [9.17, 15) is 4.79 Å². The van der Waals surface area contributed by atoms with Crippen LogP contribution in [-0.4, -0.2) is 33.1 Å². The highest BCUT2D eigenvalue weighted by molar-refractivity contribution is 5.68. The molecule has 20 heavy (non-hydrogen) atoms. The van der Waals surface area contributed by atoms with E-state index >= 15 is 0 Å². The number of hydrogen-bond donors (Lipinski definition) is 1. The second kappa shape index (κ2) is 5.85. The average molecular weight is 281 g/mol. The van der Waals surface area contributed by atoms with Crippen LogP contribution in [0.2, 0.25) is 0 Å². The summed E-state index contributed by atoms with van der Waals surface area (Å²) in [6, 6.07) is -0.154. The average Bonchev–Trinajstić information content (AvgIpc) is 2.74. The molecule has 114 valence electrons. The third kappa shape index (κ3) is 5.23. The summed E-state index contributed by atoms with van der Waals surface area (Å²) >= 11 is 0. The number of carbonyl (C=O) groups is 1. The smallest absolute Gasteiger partial charge is 0.410 e. The van der Waals surface area contributed by atoms with Crippen LogP contribution in [0.4, 0.5) is 4.79 Å². The molecule has 0 bridgehead atoms. The van der Waals surface area contributed by atoms with Gasteiger partial charge in [0.05, 0.1) is 6.04 Å². The Morgan fingerprint density at radius 3 is 2.35 bits per heavy atom. The van der Waals surface area contributed by atoms with Gasteiger partial charge in [-0.3, -0.25) is 4.90 Å². The zero-order valence-electron chi connectivity index (χ0n) is 13.7. The van der Waals surface area contributed by atoms with Crippen molar-refractivity contribution in [3.63, 3.8) is 0 Å². The molecule has 0 saturated heterocycles. The van der Waals surface area contributed by atoms with Crippen LogP contribution in [0.5, 0.6) is 0 Å². The minimum absolute atomic E-state index is 0.0161. The molecule has 1 aromatic rings. The van der Waals surface area contributed by atoms with Crippen LogP contribution in [-0.2, 0) is 4.74 Å². The Bertz CT molecular complexity index is 427. The zero-order chi connectivity index (χ0) is 15.6. The molecule has 0 aliphatic heterocycles. The maximum Gasteiger partial charge on any atom is 0.410 e. The van der Waals surface area contributed by atoms with Crippen LogP contribution >= 0.6 is 0 Å². The first-order valence-electron chi connectivity index (χ1n) is 6.98. The normalized spacial score (nSPS) is 13.9. The molecule has 0 unspecified atom stereocenters. The molecule has 1 amide bonds. The van der Waals surface area contributed by atoms with Gasteiger partial charge in [0.25, 0.3) is 0 Å². The Morgan fingerprint density at radius 2 is 1.95 bits per heavy atom. The van der Waals surface area contributed by atoms with Crippen molar-refractivity contribution in [2.24, 2.45) is 5.41 Å². The number of aromatic amines is 1. The van der Waals surface area contributed by atoms with Crippen molar-refractivity contribution in [2.45, 2.75) is 60.1 Å². The third-order valence-electron chi connectivity index (χ3n) is 2.66. The van der Waals surface area contributed by atoms with Crippen LogP contribution < -0.4 is 0 Å². The Kier molecular flexibility index (Phi) is 4.84. The fourth-order valence-corrected chi connectivity index (χ4v) is 1.84. The summed E-state index contributed by atoms with van der Waals surface area (Å²) in [5.41, 5.74) is -0.520. The van der Waals surface area contributed by atoms with E-state index < -0.39 is 5.60 Å². The van der Waals surface area contributed by atoms with Crippen LogP contribution in [0.1, 0.15) is 60.3 Å². The van der Waals surface area contributed by atoms with E-state index in [1.165, 1.54) is 0 Å². The summed E-state index contributed by atoms with van der Waals surface area (Å²) in [7, 11) is 0. The lowest BCUT2D eigenvalue weighted by Gasteiger charge is -2.35. The molecule has 0 aromatic carbocycles. The van der Waals surface area contributed by atoms with Gasteiger partial charge in [-0.05, 0) is 33.1 Å². The van der Waals surface area contributed by atoms with E-state index in [1.807, 2.05) is 27.7 Å². The summed E-state index contributed by atoms with van der Waals surface area (Å²) in [6.07, 6.45) is 3.14. The van der Waals surface area contributed by atoms with Gasteiger partial charge in [0.1, 0.15) is 11.4 Å². The Labute approximate surface area is 121 Å². The standard InChI is InChI=1S/C15H27N3O2/c1-11(12-16-8-9-17-12)18(10-14(2,3)4)13(19)20-15(5,6)7/h8-9,11H,10H2,1-7H3,(H,16,17)/t11-/m0/s1. The van der Waals surface area contributed by atoms with Crippen LogP contribution in [0.3, 0.4) is 0 Å². The van der Waals surface area contributed by atoms with Crippen molar-refractivity contribution in [1.29, 1.82) is 0 Å². The zero-order valence-corrected chi connectivity index (χ0v) is 13.7. The Balaban J connectivity index is 2.93. The number of imidazole rings is 1. The highest BCUT2D eigenvalue weighted by Crippen LogP contribution is 2.25. The molecule has 1 atom stereocenters. The van der Waals surface area contributed by atoms with E-state index in [-0.39, 0.29) is 17.6 Å². The summed E-state index contributed by atoms with van der Waals surface area (Å²) in [4.78, 5) is 21.5. The van der Waals surface area contributed by atoms with Gasteiger partial charge in [-0.1, -0.05) is 20.8 Å². The van der Waals surface area contributed by atoms with E-state index in [4.69, 9.17) is 4.74 Å². The van der Waals surface area contributed by atoms with Crippen molar-refractivity contribution >= 4 is 6.09 Å². The highest BCUT2D eigenvalue weighted by atomic mass is 16.6. The minimum Gasteiger partial charge on any atom is -0.444 e. The van der Waals surface area contributed by atoms with Gasteiger partial charge in [-0.2, -0.15) is 0 Å². The minimum atomic E-state index is -0.504. The van der Waals surface area contributed by atoms with Crippen LogP contribution in [0, 0.1) is 5.41 Å². The highest BCUT2D eigenvalue weighted by Gasteiger charge is 2.31. The number of amides is 1. The lowest BCUT2D eigenvalue weighted by atomic mass is 9.95. The quantitative estimate of drug-likeness (QED) is 0.917. The van der Waals surface area contributed by atoms with Crippen molar-refractivity contribution in [3.8, 4) is 0 Å². The molecule has 0 fully saturated rings. The summed E-state index contributed by atoms with van der Waals surface area (Å²) < 4.78 is 5.51. The monoisotopic (exact) mass is 281 g/mol. The number of nitrogens with one attached hydrogen (secondary N) is 1. The predicted octanol–water partition coefficient (Wildman–Crippen LogP) is 3.75. The largest absolute Gasteiger partial charge is 0.444 e. The van der Waals surface area contributed by atoms with Crippen LogP contribution in [0.25, 0.3) is 0 Å². The van der Waals surface area contributed by atoms with Crippen molar-refractivity contribution in [3.05, 3.63) is 18.2 Å². The van der Waals surface area contributed by atoms with Crippen molar-refractivity contribution < 1.29 is 9.53 Å². The van der Waals surface area contributed by atoms with E-state index in [1.54, 1.807) is 17.3 Å². The maximum absolute atomic E-state index is 12.4. The second-order valence-corrected chi connectivity index (χ2v) is 7.32. The maximum atomic E-state index is 12.4. The molecule has 0 aliphatic carbocycles. The number of nitrogens with zero attached hydrogens (tertiary/aromatic N) is 2. The fraction of sp³-hybridized carbons (Fsp3) is 0.733. The van der Waals surface area contributed by atoms with Gasteiger partial charge < -0.3 is 9.72 Å². The molecule has 1 heterocycles. The second-order valence-electron chi connectivity index (χ2n) is 7.32. The van der Waals surface area contributed by atoms with Crippen molar-refractivity contribution in [1.82, 2.24) is 14.9 Å². The van der Waals surface area contributed by atoms with E-state index in [0.29, 0.717) is 6.54 Å². The molecule has 5 heteroatoms. The SMILES string of the molecule is C[C@@H](c1ncc[nH]1)N(CC(C)(C)C)C(=O)OC(C)(C)C. The number of rotatable bonds is 3. The molecule has 0 aliphatic rings. The lowest BCUT2D eigenvalue weighted by Crippen LogP contribution is -2.42. The van der Waals surface area contributed by atoms with E-state index in [2.05, 4.69) is 30.7 Å². The Morgan fingerprint density at radius 1 is 1.35 bits per heavy atom. The number of ether oxygens (including phenoxy) is 1. The first-order chi connectivity index (χ1) is 8.99. The number of H-pyrrole nitrogens is 1. The number of carbonyl (C=O) groups excluding carboxylic acids is 1. The molecular weight excluding hydrogens is 254 g/mol. The molecule has 1 rings (SSSR count). The summed E-state index contributed by atoms with van der Waals surface area (Å²) in [5, 5.41) is 0. The molecule has 1 aromatic heterocycles. The molecule has 0 saturated carbocycles. The molecule has 0 radical (unpaired) electrons. The topological polar surface area (TPSA) is 58.2 Å². The predicted molar refractivity (Wildman–Crippen MR) is 79.4 cm³/mol. The molecule has 5 nitrogen and oxygen atoms in total. The van der Waals surface area contributed by atoms with Gasteiger partial charge in [-0.15, -0.1) is 0 Å². The van der Waals surface area contributed by atoms with Gasteiger partial charge in [0.15, 0.2) is 0 Å². The number of aromatic nitrogens is 2. The van der Waals surface area contributed by atoms with Gasteiger partial charge in [0.2, 0.25) is 0 Å². The van der Waals surface area contributed by atoms with Crippen LogP contribution in [0.15, 0.2) is 12.4 Å². The molecular formula is C15H27N3O2. The first-order valence-corrected chi connectivity index (χ1v) is 6.98. The van der Waals surface area contributed by atoms with Gasteiger partial charge in [0, 0.05) is 18.9 Å². The van der Waals surface area contributed by atoms with Gasteiger partial charge >= 0.3 is 6.09 Å². The van der Waals surface area contributed by atoms with Crippen molar-refractivity contribution in [2.75, 3.05) is 6.54 Å². The summed E-state index contributed by atoms with van der Waals surface area (Å²) in [6.45, 7) is 14.5. The lowest BCUT2D eigenvalue weighted by molar-refractivity contribution is 0.00911. The number of hydrogen-bond acceptors (Lipinski definition) is 3. The Hall–Kier alpha value is -1.52. The van der Waals surface area contributed by atoms with E-state index in [0.717, 1.165) is 5.82 Å².